The largest absolute Gasteiger partial charge is 0.506 e. The van der Waals surface area contributed by atoms with Crippen LogP contribution in [0.2, 0.25) is 10.0 Å². The van der Waals surface area contributed by atoms with Crippen LogP contribution < -0.4 is 20.1 Å². The molecule has 0 spiro atoms. The second-order valence-corrected chi connectivity index (χ2v) is 7.89. The minimum atomic E-state index is -1.04. The highest BCUT2D eigenvalue weighted by molar-refractivity contribution is 6.34. The number of benzene rings is 3. The fourth-order valence-corrected chi connectivity index (χ4v) is 3.23. The van der Waals surface area contributed by atoms with Crippen LogP contribution in [-0.2, 0) is 4.79 Å². The van der Waals surface area contributed by atoms with Crippen LogP contribution in [0.25, 0.3) is 0 Å². The molecule has 3 aromatic carbocycles. The SMILES string of the molecule is Cc1ccc(OC(C)C(=O)Nc2cc(O)c(NCOc3ccc(F)c(F)c3)cc2Cl)c(Cl)c1. The number of anilines is 2. The van der Waals surface area contributed by atoms with E-state index < -0.39 is 23.6 Å². The van der Waals surface area contributed by atoms with E-state index in [1.807, 2.05) is 13.0 Å². The second kappa shape index (κ2) is 10.6. The molecule has 1 unspecified atom stereocenters. The van der Waals surface area contributed by atoms with Crippen molar-refractivity contribution in [1.82, 2.24) is 0 Å². The van der Waals surface area contributed by atoms with E-state index in [9.17, 15) is 18.7 Å². The summed E-state index contributed by atoms with van der Waals surface area (Å²) in [5, 5.41) is 16.1. The molecular weight excluding hydrogens is 477 g/mol. The Morgan fingerprint density at radius 1 is 1.03 bits per heavy atom. The standard InChI is InChI=1S/C23H20Cl2F2N2O4/c1-12-3-6-22(16(25)7-12)33-13(2)23(31)29-19-10-21(30)20(9-15(19)24)28-11-32-14-4-5-17(26)18(27)8-14/h3-10,13,28,30H,11H2,1-2H3,(H,29,31). The molecule has 3 aromatic rings. The lowest BCUT2D eigenvalue weighted by Crippen LogP contribution is -2.30. The molecule has 10 heteroatoms. The number of aromatic hydroxyl groups is 1. The van der Waals surface area contributed by atoms with Crippen LogP contribution in [-0.4, -0.2) is 23.8 Å². The number of carbonyl (C=O) groups excluding carboxylic acids is 1. The summed E-state index contributed by atoms with van der Waals surface area (Å²) in [4.78, 5) is 12.5. The van der Waals surface area contributed by atoms with E-state index in [0.717, 1.165) is 17.7 Å². The molecule has 0 aromatic heterocycles. The molecule has 0 heterocycles. The molecule has 0 aliphatic carbocycles. The molecule has 174 valence electrons. The topological polar surface area (TPSA) is 79.8 Å². The molecule has 6 nitrogen and oxygen atoms in total. The third-order valence-electron chi connectivity index (χ3n) is 4.50. The maximum Gasteiger partial charge on any atom is 0.265 e. The van der Waals surface area contributed by atoms with E-state index in [4.69, 9.17) is 32.7 Å². The zero-order valence-electron chi connectivity index (χ0n) is 17.6. The van der Waals surface area contributed by atoms with Crippen LogP contribution in [0.4, 0.5) is 20.2 Å². The van der Waals surface area contributed by atoms with Crippen molar-refractivity contribution >= 4 is 40.5 Å². The summed E-state index contributed by atoms with van der Waals surface area (Å²) in [6.45, 7) is 3.27. The van der Waals surface area contributed by atoms with E-state index in [1.54, 1.807) is 19.1 Å². The molecule has 0 fully saturated rings. The Morgan fingerprint density at radius 2 is 1.79 bits per heavy atom. The van der Waals surface area contributed by atoms with Gasteiger partial charge in [-0.05, 0) is 49.7 Å². The number of ether oxygens (including phenoxy) is 2. The first-order chi connectivity index (χ1) is 15.6. The summed E-state index contributed by atoms with van der Waals surface area (Å²) < 4.78 is 37.1. The van der Waals surface area contributed by atoms with Gasteiger partial charge in [0.2, 0.25) is 0 Å². The van der Waals surface area contributed by atoms with E-state index in [-0.39, 0.29) is 34.6 Å². The Balaban J connectivity index is 1.60. The monoisotopic (exact) mass is 496 g/mol. The van der Waals surface area contributed by atoms with E-state index >= 15 is 0 Å². The van der Waals surface area contributed by atoms with Crippen LogP contribution in [0.5, 0.6) is 17.2 Å². The Hall–Kier alpha value is -3.23. The zero-order valence-corrected chi connectivity index (χ0v) is 19.1. The van der Waals surface area contributed by atoms with Crippen molar-refractivity contribution in [2.24, 2.45) is 0 Å². The Labute approximate surface area is 199 Å². The molecule has 0 bridgehead atoms. The molecule has 0 saturated carbocycles. The Bertz CT molecular complexity index is 1180. The molecule has 3 N–H and O–H groups in total. The van der Waals surface area contributed by atoms with Gasteiger partial charge in [-0.1, -0.05) is 29.3 Å². The number of rotatable bonds is 8. The average molecular weight is 497 g/mol. The van der Waals surface area contributed by atoms with Crippen molar-refractivity contribution in [2.75, 3.05) is 17.4 Å². The average Bonchev–Trinajstić information content (AvgIpc) is 2.75. The third-order valence-corrected chi connectivity index (χ3v) is 5.10. The van der Waals surface area contributed by atoms with Crippen molar-refractivity contribution in [3.8, 4) is 17.2 Å². The number of phenols is 1. The number of hydrogen-bond donors (Lipinski definition) is 3. The maximum atomic E-state index is 13.2. The molecule has 0 saturated heterocycles. The van der Waals surface area contributed by atoms with Crippen LogP contribution in [0.15, 0.2) is 48.5 Å². The van der Waals surface area contributed by atoms with Gasteiger partial charge < -0.3 is 25.2 Å². The molecular formula is C23H20Cl2F2N2O4. The van der Waals surface area contributed by atoms with Crippen LogP contribution >= 0.6 is 23.2 Å². The number of nitrogens with one attached hydrogen (secondary N) is 2. The number of aryl methyl sites for hydroxylation is 1. The number of carbonyl (C=O) groups is 1. The zero-order chi connectivity index (χ0) is 24.1. The summed E-state index contributed by atoms with van der Waals surface area (Å²) in [5.74, 6) is -2.30. The quantitative estimate of drug-likeness (QED) is 0.257. The number of amides is 1. The molecule has 1 amide bonds. The Morgan fingerprint density at radius 3 is 2.48 bits per heavy atom. The lowest BCUT2D eigenvalue weighted by atomic mass is 10.2. The highest BCUT2D eigenvalue weighted by Crippen LogP contribution is 2.34. The van der Waals surface area contributed by atoms with Crippen molar-refractivity contribution in [3.05, 3.63) is 75.8 Å². The molecule has 33 heavy (non-hydrogen) atoms. The van der Waals surface area contributed by atoms with E-state index in [1.165, 1.54) is 18.2 Å². The fraction of sp³-hybridized carbons (Fsp3) is 0.174. The van der Waals surface area contributed by atoms with Gasteiger partial charge in [-0.3, -0.25) is 4.79 Å². The predicted octanol–water partition coefficient (Wildman–Crippen LogP) is 6.14. The van der Waals surface area contributed by atoms with E-state index in [0.29, 0.717) is 10.8 Å². The Kier molecular flexibility index (Phi) is 7.84. The van der Waals surface area contributed by atoms with Crippen molar-refractivity contribution in [3.63, 3.8) is 0 Å². The van der Waals surface area contributed by atoms with Gasteiger partial charge in [-0.2, -0.15) is 0 Å². The van der Waals surface area contributed by atoms with Gasteiger partial charge in [0.1, 0.15) is 17.2 Å². The van der Waals surface area contributed by atoms with Gasteiger partial charge >= 0.3 is 0 Å². The van der Waals surface area contributed by atoms with Gasteiger partial charge in [0, 0.05) is 12.1 Å². The first-order valence-corrected chi connectivity index (χ1v) is 10.5. The van der Waals surface area contributed by atoms with Gasteiger partial charge in [-0.15, -0.1) is 0 Å². The number of halogens is 4. The van der Waals surface area contributed by atoms with Gasteiger partial charge in [-0.25, -0.2) is 8.78 Å². The number of phenolic OH excluding ortho intramolecular Hbond substituents is 1. The molecule has 1 atom stereocenters. The fourth-order valence-electron chi connectivity index (χ4n) is 2.74. The summed E-state index contributed by atoms with van der Waals surface area (Å²) >= 11 is 12.4. The third kappa shape index (κ3) is 6.40. The molecule has 3 rings (SSSR count). The predicted molar refractivity (Wildman–Crippen MR) is 124 cm³/mol. The molecule has 0 aliphatic heterocycles. The van der Waals surface area contributed by atoms with Crippen LogP contribution in [0.3, 0.4) is 0 Å². The summed E-state index contributed by atoms with van der Waals surface area (Å²) in [6, 6.07) is 10.9. The summed E-state index contributed by atoms with van der Waals surface area (Å²) in [5.41, 5.74) is 1.32. The highest BCUT2D eigenvalue weighted by atomic mass is 35.5. The normalized spacial score (nSPS) is 11.6. The molecule has 0 aliphatic rings. The van der Waals surface area contributed by atoms with Crippen molar-refractivity contribution in [1.29, 1.82) is 0 Å². The van der Waals surface area contributed by atoms with Gasteiger partial charge in [0.15, 0.2) is 24.5 Å². The maximum absolute atomic E-state index is 13.2. The smallest absolute Gasteiger partial charge is 0.265 e. The highest BCUT2D eigenvalue weighted by Gasteiger charge is 2.19. The second-order valence-electron chi connectivity index (χ2n) is 7.07. The first kappa shape index (κ1) is 24.4. The lowest BCUT2D eigenvalue weighted by Gasteiger charge is -2.17. The van der Waals surface area contributed by atoms with Crippen molar-refractivity contribution in [2.45, 2.75) is 20.0 Å². The first-order valence-electron chi connectivity index (χ1n) is 9.72. The summed E-state index contributed by atoms with van der Waals surface area (Å²) in [6.07, 6.45) is -0.897. The minimum Gasteiger partial charge on any atom is -0.506 e. The minimum absolute atomic E-state index is 0.0959. The lowest BCUT2D eigenvalue weighted by molar-refractivity contribution is -0.122. The van der Waals surface area contributed by atoms with Crippen molar-refractivity contribution < 1.29 is 28.2 Å². The summed E-state index contributed by atoms with van der Waals surface area (Å²) in [7, 11) is 0. The van der Waals surface area contributed by atoms with Gasteiger partial charge in [0.25, 0.3) is 5.91 Å². The van der Waals surface area contributed by atoms with Crippen LogP contribution in [0.1, 0.15) is 12.5 Å². The van der Waals surface area contributed by atoms with Gasteiger partial charge in [0.05, 0.1) is 21.4 Å². The van der Waals surface area contributed by atoms with Crippen LogP contribution in [0, 0.1) is 18.6 Å². The molecule has 0 radical (unpaired) electrons. The van der Waals surface area contributed by atoms with E-state index in [2.05, 4.69) is 10.6 Å². The number of hydrogen-bond acceptors (Lipinski definition) is 5.